The van der Waals surface area contributed by atoms with E-state index in [-0.39, 0.29) is 0 Å². The van der Waals surface area contributed by atoms with E-state index in [0.717, 1.165) is 22.7 Å². The van der Waals surface area contributed by atoms with Crippen LogP contribution in [0.5, 0.6) is 5.75 Å². The average molecular weight is 277 g/mol. The summed E-state index contributed by atoms with van der Waals surface area (Å²) in [6.07, 6.45) is 0. The lowest BCUT2D eigenvalue weighted by atomic mass is 10.1. The van der Waals surface area contributed by atoms with Gasteiger partial charge in [0.2, 0.25) is 0 Å². The maximum atomic E-state index is 6.00. The van der Waals surface area contributed by atoms with E-state index in [1.54, 1.807) is 7.11 Å². The topological polar surface area (TPSA) is 38.5 Å². The summed E-state index contributed by atoms with van der Waals surface area (Å²) in [5.74, 6) is 0.840. The van der Waals surface area contributed by atoms with Crippen LogP contribution >= 0.6 is 11.6 Å². The van der Waals surface area contributed by atoms with Crippen LogP contribution in [0.15, 0.2) is 42.5 Å². The molecule has 0 heterocycles. The molecule has 0 aliphatic rings. The normalized spacial score (nSPS) is 10.3. The predicted molar refractivity (Wildman–Crippen MR) is 80.4 cm³/mol. The van der Waals surface area contributed by atoms with Crippen LogP contribution in [0.2, 0.25) is 5.02 Å². The van der Waals surface area contributed by atoms with Gasteiger partial charge in [-0.15, -0.1) is 0 Å². The van der Waals surface area contributed by atoms with Crippen LogP contribution in [0, 0.1) is 0 Å². The van der Waals surface area contributed by atoms with Crippen molar-refractivity contribution in [2.24, 2.45) is 5.73 Å². The molecule has 4 heteroatoms. The van der Waals surface area contributed by atoms with Crippen molar-refractivity contribution in [2.45, 2.75) is 6.54 Å². The number of methoxy groups -OCH3 is 1. The summed E-state index contributed by atoms with van der Waals surface area (Å²) in [6.45, 7) is 0.455. The van der Waals surface area contributed by atoms with Crippen molar-refractivity contribution in [2.75, 3.05) is 19.1 Å². The fraction of sp³-hybridized carbons (Fsp3) is 0.200. The smallest absolute Gasteiger partial charge is 0.119 e. The number of benzene rings is 2. The molecular weight excluding hydrogens is 260 g/mol. The first-order valence-corrected chi connectivity index (χ1v) is 6.39. The van der Waals surface area contributed by atoms with Gasteiger partial charge in [-0.05, 0) is 48.0 Å². The largest absolute Gasteiger partial charge is 0.497 e. The molecule has 0 aliphatic heterocycles. The maximum Gasteiger partial charge on any atom is 0.119 e. The van der Waals surface area contributed by atoms with Gasteiger partial charge in [-0.1, -0.05) is 11.6 Å². The minimum atomic E-state index is 0.455. The average Bonchev–Trinajstić information content (AvgIpc) is 2.46. The van der Waals surface area contributed by atoms with Gasteiger partial charge in [-0.3, -0.25) is 0 Å². The lowest BCUT2D eigenvalue weighted by Gasteiger charge is -2.22. The summed E-state index contributed by atoms with van der Waals surface area (Å²) < 4.78 is 5.16. The number of hydrogen-bond acceptors (Lipinski definition) is 3. The van der Waals surface area contributed by atoms with Crippen LogP contribution in [0.4, 0.5) is 11.4 Å². The number of ether oxygens (including phenoxy) is 1. The quantitative estimate of drug-likeness (QED) is 0.928. The molecule has 0 bridgehead atoms. The molecule has 3 nitrogen and oxygen atoms in total. The highest BCUT2D eigenvalue weighted by Crippen LogP contribution is 2.30. The van der Waals surface area contributed by atoms with E-state index >= 15 is 0 Å². The summed E-state index contributed by atoms with van der Waals surface area (Å²) >= 11 is 6.00. The fourth-order valence-corrected chi connectivity index (χ4v) is 2.18. The summed E-state index contributed by atoms with van der Waals surface area (Å²) in [6, 6.07) is 13.6. The number of rotatable bonds is 4. The van der Waals surface area contributed by atoms with Crippen molar-refractivity contribution in [1.82, 2.24) is 0 Å². The first-order chi connectivity index (χ1) is 9.15. The zero-order chi connectivity index (χ0) is 13.8. The van der Waals surface area contributed by atoms with E-state index in [9.17, 15) is 0 Å². The van der Waals surface area contributed by atoms with Crippen molar-refractivity contribution in [1.29, 1.82) is 0 Å². The molecule has 0 radical (unpaired) electrons. The van der Waals surface area contributed by atoms with Crippen LogP contribution in [0.1, 0.15) is 5.56 Å². The Morgan fingerprint density at radius 2 is 1.84 bits per heavy atom. The molecule has 0 amide bonds. The van der Waals surface area contributed by atoms with Crippen molar-refractivity contribution in [3.05, 3.63) is 53.1 Å². The van der Waals surface area contributed by atoms with Crippen LogP contribution in [-0.4, -0.2) is 14.2 Å². The maximum absolute atomic E-state index is 6.00. The number of anilines is 2. The van der Waals surface area contributed by atoms with Gasteiger partial charge >= 0.3 is 0 Å². The second-order valence-corrected chi connectivity index (χ2v) is 4.67. The second-order valence-electron chi connectivity index (χ2n) is 4.23. The lowest BCUT2D eigenvalue weighted by molar-refractivity contribution is 0.415. The molecule has 0 unspecified atom stereocenters. The Morgan fingerprint density at radius 3 is 2.42 bits per heavy atom. The Hall–Kier alpha value is -1.71. The van der Waals surface area contributed by atoms with Gasteiger partial charge in [-0.25, -0.2) is 0 Å². The van der Waals surface area contributed by atoms with Gasteiger partial charge in [0.25, 0.3) is 0 Å². The molecule has 2 aromatic rings. The fourth-order valence-electron chi connectivity index (χ4n) is 1.99. The Kier molecular flexibility index (Phi) is 4.30. The molecule has 100 valence electrons. The minimum Gasteiger partial charge on any atom is -0.497 e. The molecule has 2 N–H and O–H groups in total. The van der Waals surface area contributed by atoms with E-state index in [1.165, 1.54) is 0 Å². The molecule has 0 saturated carbocycles. The van der Waals surface area contributed by atoms with E-state index in [2.05, 4.69) is 4.90 Å². The standard InChI is InChI=1S/C15H17ClN2O/c1-18(13-4-6-14(19-2)7-5-13)15-8-3-12(16)9-11(15)10-17/h3-9H,10,17H2,1-2H3. The molecule has 2 aromatic carbocycles. The highest BCUT2D eigenvalue weighted by Gasteiger charge is 2.09. The molecular formula is C15H17ClN2O. The Balaban J connectivity index is 2.34. The number of hydrogen-bond donors (Lipinski definition) is 1. The Morgan fingerprint density at radius 1 is 1.16 bits per heavy atom. The van der Waals surface area contributed by atoms with Crippen LogP contribution in [-0.2, 0) is 6.54 Å². The molecule has 0 aliphatic carbocycles. The molecule has 0 fully saturated rings. The number of halogens is 1. The van der Waals surface area contributed by atoms with E-state index in [1.807, 2.05) is 49.5 Å². The second kappa shape index (κ2) is 5.95. The monoisotopic (exact) mass is 276 g/mol. The van der Waals surface area contributed by atoms with Crippen LogP contribution in [0.25, 0.3) is 0 Å². The molecule has 2 rings (SSSR count). The SMILES string of the molecule is COc1ccc(N(C)c2ccc(Cl)cc2CN)cc1. The van der Waals surface area contributed by atoms with Crippen molar-refractivity contribution in [3.8, 4) is 5.75 Å². The highest BCUT2D eigenvalue weighted by atomic mass is 35.5. The number of nitrogens with two attached hydrogens (primary N) is 1. The van der Waals surface area contributed by atoms with E-state index < -0.39 is 0 Å². The van der Waals surface area contributed by atoms with Gasteiger partial charge in [0.15, 0.2) is 0 Å². The zero-order valence-corrected chi connectivity index (χ0v) is 11.8. The predicted octanol–water partition coefficient (Wildman–Crippen LogP) is 3.58. The first-order valence-electron chi connectivity index (χ1n) is 6.02. The van der Waals surface area contributed by atoms with Crippen molar-refractivity contribution < 1.29 is 4.74 Å². The molecule has 0 saturated heterocycles. The zero-order valence-electron chi connectivity index (χ0n) is 11.1. The summed E-state index contributed by atoms with van der Waals surface area (Å²) in [7, 11) is 3.66. The molecule has 0 spiro atoms. The van der Waals surface area contributed by atoms with Gasteiger partial charge in [0.1, 0.15) is 5.75 Å². The molecule has 19 heavy (non-hydrogen) atoms. The third-order valence-corrected chi connectivity index (χ3v) is 3.32. The van der Waals surface area contributed by atoms with E-state index in [0.29, 0.717) is 11.6 Å². The third kappa shape index (κ3) is 3.00. The Bertz CT molecular complexity index is 555. The lowest BCUT2D eigenvalue weighted by Crippen LogP contribution is -2.13. The van der Waals surface area contributed by atoms with Crippen LogP contribution < -0.4 is 15.4 Å². The molecule has 0 atom stereocenters. The van der Waals surface area contributed by atoms with E-state index in [4.69, 9.17) is 22.1 Å². The first kappa shape index (κ1) is 13.7. The van der Waals surface area contributed by atoms with Gasteiger partial charge in [-0.2, -0.15) is 0 Å². The van der Waals surface area contributed by atoms with Gasteiger partial charge in [0.05, 0.1) is 7.11 Å². The van der Waals surface area contributed by atoms with Gasteiger partial charge < -0.3 is 15.4 Å². The summed E-state index contributed by atoms with van der Waals surface area (Å²) in [5.41, 5.74) is 8.92. The van der Waals surface area contributed by atoms with Crippen molar-refractivity contribution in [3.63, 3.8) is 0 Å². The third-order valence-electron chi connectivity index (χ3n) is 3.08. The highest BCUT2D eigenvalue weighted by molar-refractivity contribution is 6.30. The summed E-state index contributed by atoms with van der Waals surface area (Å²) in [5, 5.41) is 0.701. The summed E-state index contributed by atoms with van der Waals surface area (Å²) in [4.78, 5) is 2.08. The Labute approximate surface area is 118 Å². The van der Waals surface area contributed by atoms with Gasteiger partial charge in [0, 0.05) is 30.0 Å². The molecule has 0 aromatic heterocycles. The van der Waals surface area contributed by atoms with Crippen molar-refractivity contribution >= 4 is 23.0 Å². The van der Waals surface area contributed by atoms with Crippen LogP contribution in [0.3, 0.4) is 0 Å². The minimum absolute atomic E-state index is 0.455. The number of nitrogens with zero attached hydrogens (tertiary/aromatic N) is 1.